The van der Waals surface area contributed by atoms with Gasteiger partial charge in [0.15, 0.2) is 0 Å². The second-order valence-corrected chi connectivity index (χ2v) is 7.69. The van der Waals surface area contributed by atoms with Crippen LogP contribution in [0, 0.1) is 5.92 Å². The highest BCUT2D eigenvalue weighted by Crippen LogP contribution is 2.46. The van der Waals surface area contributed by atoms with E-state index in [9.17, 15) is 0 Å². The molecule has 1 unspecified atom stereocenters. The summed E-state index contributed by atoms with van der Waals surface area (Å²) in [6.07, 6.45) is 2.63. The number of hydrogen-bond acceptors (Lipinski definition) is 2. The van der Waals surface area contributed by atoms with Crippen LogP contribution in [0.15, 0.2) is 24.3 Å². The fourth-order valence-electron chi connectivity index (χ4n) is 2.58. The Balaban J connectivity index is 1.94. The van der Waals surface area contributed by atoms with Crippen LogP contribution in [0.4, 0.5) is 0 Å². The first kappa shape index (κ1) is 15.6. The van der Waals surface area contributed by atoms with Crippen LogP contribution in [0.3, 0.4) is 0 Å². The lowest BCUT2D eigenvalue weighted by Crippen LogP contribution is -2.21. The Labute approximate surface area is 144 Å². The summed E-state index contributed by atoms with van der Waals surface area (Å²) in [5.41, 5.74) is 0.880. The fourth-order valence-corrected chi connectivity index (χ4v) is 4.96. The molecule has 1 aliphatic carbocycles. The summed E-state index contributed by atoms with van der Waals surface area (Å²) in [6, 6.07) is 8.23. The molecular weight excluding hydrogens is 345 g/mol. The van der Waals surface area contributed by atoms with Gasteiger partial charge >= 0.3 is 0 Å². The van der Waals surface area contributed by atoms with Crippen molar-refractivity contribution in [2.24, 2.45) is 5.92 Å². The van der Waals surface area contributed by atoms with Crippen molar-refractivity contribution in [1.29, 1.82) is 0 Å². The van der Waals surface area contributed by atoms with Crippen molar-refractivity contribution in [3.8, 4) is 10.4 Å². The molecule has 1 N–H and O–H groups in total. The maximum absolute atomic E-state index is 6.32. The zero-order valence-electron chi connectivity index (χ0n) is 11.6. The van der Waals surface area contributed by atoms with E-state index >= 15 is 0 Å². The standard InChI is InChI=1S/C16H16Cl3NS/c1-2-20-16(9-3-4-9)14-6-5-13(21-14)15-11(18)7-10(17)8-12(15)19/h5-9,16,20H,2-4H2,1H3. The Morgan fingerprint density at radius 2 is 1.86 bits per heavy atom. The minimum absolute atomic E-state index is 0.457. The van der Waals surface area contributed by atoms with E-state index in [2.05, 4.69) is 24.4 Å². The van der Waals surface area contributed by atoms with Crippen molar-refractivity contribution in [2.75, 3.05) is 6.54 Å². The molecule has 0 aliphatic heterocycles. The Hall–Kier alpha value is -0.250. The Kier molecular flexibility index (Phi) is 4.82. The van der Waals surface area contributed by atoms with Crippen LogP contribution in [0.1, 0.15) is 30.7 Å². The second kappa shape index (κ2) is 6.47. The molecule has 0 bridgehead atoms. The number of thiophene rings is 1. The molecule has 1 aromatic heterocycles. The van der Waals surface area contributed by atoms with E-state index < -0.39 is 0 Å². The molecule has 1 aromatic carbocycles. The first-order valence-electron chi connectivity index (χ1n) is 7.08. The van der Waals surface area contributed by atoms with Crippen molar-refractivity contribution < 1.29 is 0 Å². The van der Waals surface area contributed by atoms with Gasteiger partial charge in [-0.15, -0.1) is 11.3 Å². The third-order valence-corrected chi connectivity index (χ3v) is 5.70. The normalized spacial score (nSPS) is 16.2. The molecule has 0 saturated heterocycles. The quantitative estimate of drug-likeness (QED) is 0.647. The van der Waals surface area contributed by atoms with Crippen LogP contribution >= 0.6 is 46.1 Å². The lowest BCUT2D eigenvalue weighted by molar-refractivity contribution is 0.504. The largest absolute Gasteiger partial charge is 0.309 e. The number of halogens is 3. The van der Waals surface area contributed by atoms with Gasteiger partial charge in [0.1, 0.15) is 0 Å². The highest BCUT2D eigenvalue weighted by molar-refractivity contribution is 7.15. The van der Waals surface area contributed by atoms with Gasteiger partial charge in [-0.2, -0.15) is 0 Å². The summed E-state index contributed by atoms with van der Waals surface area (Å²) in [6.45, 7) is 3.13. The molecule has 3 rings (SSSR count). The predicted molar refractivity (Wildman–Crippen MR) is 93.9 cm³/mol. The molecule has 1 aliphatic rings. The maximum Gasteiger partial charge on any atom is 0.0522 e. The lowest BCUT2D eigenvalue weighted by Gasteiger charge is -2.15. The van der Waals surface area contributed by atoms with Gasteiger partial charge in [-0.05, 0) is 49.6 Å². The van der Waals surface area contributed by atoms with E-state index in [4.69, 9.17) is 34.8 Å². The van der Waals surface area contributed by atoms with Crippen molar-refractivity contribution >= 4 is 46.1 Å². The third kappa shape index (κ3) is 3.40. The van der Waals surface area contributed by atoms with Gasteiger partial charge < -0.3 is 5.32 Å². The van der Waals surface area contributed by atoms with E-state index in [-0.39, 0.29) is 0 Å². The van der Waals surface area contributed by atoms with Gasteiger partial charge in [-0.25, -0.2) is 0 Å². The molecule has 0 spiro atoms. The van der Waals surface area contributed by atoms with Crippen molar-refractivity contribution in [3.05, 3.63) is 44.2 Å². The van der Waals surface area contributed by atoms with Gasteiger partial charge in [0.25, 0.3) is 0 Å². The van der Waals surface area contributed by atoms with E-state index in [1.807, 2.05) is 0 Å². The average Bonchev–Trinajstić information content (AvgIpc) is 3.14. The van der Waals surface area contributed by atoms with Gasteiger partial charge in [0.2, 0.25) is 0 Å². The molecule has 2 aromatic rings. The van der Waals surface area contributed by atoms with E-state index in [0.29, 0.717) is 21.1 Å². The smallest absolute Gasteiger partial charge is 0.0522 e. The lowest BCUT2D eigenvalue weighted by atomic mass is 10.1. The van der Waals surface area contributed by atoms with Crippen LogP contribution in [0.2, 0.25) is 15.1 Å². The highest BCUT2D eigenvalue weighted by Gasteiger charge is 2.32. The van der Waals surface area contributed by atoms with Crippen molar-refractivity contribution in [2.45, 2.75) is 25.8 Å². The number of rotatable bonds is 5. The predicted octanol–water partition coefficient (Wildman–Crippen LogP) is 6.44. The maximum atomic E-state index is 6.32. The molecule has 5 heteroatoms. The average molecular weight is 361 g/mol. The first-order chi connectivity index (χ1) is 10.1. The van der Waals surface area contributed by atoms with Gasteiger partial charge in [0.05, 0.1) is 10.0 Å². The Morgan fingerprint density at radius 3 is 2.43 bits per heavy atom. The molecule has 1 heterocycles. The minimum atomic E-state index is 0.457. The molecule has 1 saturated carbocycles. The number of hydrogen-bond donors (Lipinski definition) is 1. The summed E-state index contributed by atoms with van der Waals surface area (Å²) in [5.74, 6) is 0.771. The zero-order valence-corrected chi connectivity index (χ0v) is 14.7. The van der Waals surface area contributed by atoms with Crippen LogP contribution in [0.25, 0.3) is 10.4 Å². The van der Waals surface area contributed by atoms with Gasteiger partial charge in [0, 0.05) is 26.4 Å². The molecule has 1 fully saturated rings. The van der Waals surface area contributed by atoms with Crippen LogP contribution < -0.4 is 5.32 Å². The topological polar surface area (TPSA) is 12.0 Å². The number of benzene rings is 1. The van der Waals surface area contributed by atoms with E-state index in [0.717, 1.165) is 22.9 Å². The summed E-state index contributed by atoms with van der Waals surface area (Å²) < 4.78 is 0. The number of nitrogens with one attached hydrogen (secondary N) is 1. The fraction of sp³-hybridized carbons (Fsp3) is 0.375. The summed E-state index contributed by atoms with van der Waals surface area (Å²) >= 11 is 20.4. The molecule has 0 radical (unpaired) electrons. The first-order valence-corrected chi connectivity index (χ1v) is 9.03. The van der Waals surface area contributed by atoms with Crippen molar-refractivity contribution in [1.82, 2.24) is 5.32 Å². The molecule has 112 valence electrons. The van der Waals surface area contributed by atoms with Crippen molar-refractivity contribution in [3.63, 3.8) is 0 Å². The second-order valence-electron chi connectivity index (χ2n) is 5.32. The summed E-state index contributed by atoms with van der Waals surface area (Å²) in [4.78, 5) is 2.46. The SMILES string of the molecule is CCNC(c1ccc(-c2c(Cl)cc(Cl)cc2Cl)s1)C1CC1. The summed E-state index contributed by atoms with van der Waals surface area (Å²) in [7, 11) is 0. The van der Waals surface area contributed by atoms with E-state index in [1.54, 1.807) is 23.5 Å². The van der Waals surface area contributed by atoms with Gasteiger partial charge in [-0.1, -0.05) is 41.7 Å². The summed E-state index contributed by atoms with van der Waals surface area (Å²) in [5, 5.41) is 5.36. The molecule has 1 atom stereocenters. The molecule has 21 heavy (non-hydrogen) atoms. The Bertz CT molecular complexity index is 626. The van der Waals surface area contributed by atoms with Crippen LogP contribution in [-0.2, 0) is 0 Å². The van der Waals surface area contributed by atoms with Gasteiger partial charge in [-0.3, -0.25) is 0 Å². The molecular formula is C16H16Cl3NS. The highest BCUT2D eigenvalue weighted by atomic mass is 35.5. The molecule has 1 nitrogen and oxygen atoms in total. The monoisotopic (exact) mass is 359 g/mol. The zero-order chi connectivity index (χ0) is 15.0. The molecule has 0 amide bonds. The van der Waals surface area contributed by atoms with E-state index in [1.165, 1.54) is 17.7 Å². The van der Waals surface area contributed by atoms with Crippen LogP contribution in [0.5, 0.6) is 0 Å². The van der Waals surface area contributed by atoms with Crippen LogP contribution in [-0.4, -0.2) is 6.54 Å². The minimum Gasteiger partial charge on any atom is -0.309 e. The Morgan fingerprint density at radius 1 is 1.19 bits per heavy atom. The third-order valence-electron chi connectivity index (χ3n) is 3.70.